The summed E-state index contributed by atoms with van der Waals surface area (Å²) in [6.07, 6.45) is -1.19. The molecule has 0 atom stereocenters. The van der Waals surface area contributed by atoms with E-state index in [1.165, 1.54) is 22.7 Å². The summed E-state index contributed by atoms with van der Waals surface area (Å²) in [5.41, 5.74) is -1.19. The molecule has 0 saturated carbocycles. The van der Waals surface area contributed by atoms with E-state index in [2.05, 4.69) is 15.3 Å². The predicted octanol–water partition coefficient (Wildman–Crippen LogP) is 5.76. The molecule has 39 heavy (non-hydrogen) atoms. The molecule has 0 spiro atoms. The topological polar surface area (TPSA) is 137 Å². The number of alkyl carbamates (subject to hydrolysis) is 1. The number of hydrogen-bond acceptors (Lipinski definition) is 11. The summed E-state index contributed by atoms with van der Waals surface area (Å²) in [4.78, 5) is 59.4. The van der Waals surface area contributed by atoms with E-state index in [-0.39, 0.29) is 24.6 Å². The Hall–Kier alpha value is -3.06. The number of imide groups is 1. The number of Topliss-reactive ketones (excluding diaryl/α,β-unsaturated/α-hetero) is 1. The molecule has 1 N–H and O–H groups in total. The average molecular weight is 583 g/mol. The van der Waals surface area contributed by atoms with Gasteiger partial charge >= 0.3 is 18.3 Å². The van der Waals surface area contributed by atoms with Crippen molar-refractivity contribution in [3.8, 4) is 0 Å². The van der Waals surface area contributed by atoms with Crippen LogP contribution in [0.3, 0.4) is 0 Å². The van der Waals surface area contributed by atoms with Crippen LogP contribution in [0.15, 0.2) is 10.8 Å². The molecule has 0 aliphatic carbocycles. The molecule has 11 nitrogen and oxygen atoms in total. The fraction of sp³-hybridized carbons (Fsp3) is 0.615. The highest BCUT2D eigenvalue weighted by Gasteiger charge is 2.32. The second-order valence-corrected chi connectivity index (χ2v) is 13.6. The van der Waals surface area contributed by atoms with Gasteiger partial charge in [-0.15, -0.1) is 22.7 Å². The minimum atomic E-state index is -0.811. The van der Waals surface area contributed by atoms with Gasteiger partial charge in [0.05, 0.1) is 23.8 Å². The number of aryl methyl sites for hydroxylation is 2. The quantitative estimate of drug-likeness (QED) is 0.304. The third kappa shape index (κ3) is 12.1. The fourth-order valence-electron chi connectivity index (χ4n) is 2.86. The molecule has 216 valence electrons. The lowest BCUT2D eigenvalue weighted by molar-refractivity contribution is -0.000326. The molecule has 13 heteroatoms. The third-order valence-corrected chi connectivity index (χ3v) is 6.14. The molecule has 3 amide bonds. The van der Waals surface area contributed by atoms with Crippen LogP contribution in [0.5, 0.6) is 0 Å². The van der Waals surface area contributed by atoms with E-state index in [0.717, 1.165) is 15.6 Å². The van der Waals surface area contributed by atoms with Gasteiger partial charge in [0.1, 0.15) is 27.5 Å². The van der Waals surface area contributed by atoms with Gasteiger partial charge in [0.2, 0.25) is 5.78 Å². The van der Waals surface area contributed by atoms with Crippen LogP contribution in [-0.4, -0.2) is 62.3 Å². The molecule has 0 saturated heterocycles. The first-order valence-corrected chi connectivity index (χ1v) is 14.2. The second-order valence-electron chi connectivity index (χ2n) is 11.7. The van der Waals surface area contributed by atoms with Gasteiger partial charge in [-0.05, 0) is 68.7 Å². The minimum Gasteiger partial charge on any atom is -0.444 e. The molecule has 2 aromatic rings. The molecule has 2 rings (SSSR count). The Bertz CT molecular complexity index is 1140. The number of rotatable bonds is 8. The standard InChI is InChI=1S/C26H38N4O7S2/c1-24(2,3)35-21(32)27-12-18(31)17-15-39-19(29-17)11-10-16-14-38-20(28-16)13-30(22(33)36-25(4,5)6)23(34)37-26(7,8)9/h14-15H,10-13H2,1-9H3,(H,27,32). The van der Waals surface area contributed by atoms with Crippen LogP contribution >= 0.6 is 22.7 Å². The molecule has 0 aliphatic rings. The summed E-state index contributed by atoms with van der Waals surface area (Å²) in [5.74, 6) is -0.316. The van der Waals surface area contributed by atoms with Crippen LogP contribution in [-0.2, 0) is 33.6 Å². The second kappa shape index (κ2) is 12.9. The number of nitrogens with one attached hydrogen (secondary N) is 1. The molecule has 0 fully saturated rings. The van der Waals surface area contributed by atoms with Crippen LogP contribution in [0.2, 0.25) is 0 Å². The Balaban J connectivity index is 1.97. The van der Waals surface area contributed by atoms with Crippen LogP contribution < -0.4 is 5.32 Å². The van der Waals surface area contributed by atoms with Crippen molar-refractivity contribution >= 4 is 46.7 Å². The number of thiazole rings is 2. The zero-order valence-electron chi connectivity index (χ0n) is 24.0. The first kappa shape index (κ1) is 32.2. The normalized spacial score (nSPS) is 12.0. The van der Waals surface area contributed by atoms with Crippen LogP contribution in [0.1, 0.15) is 88.5 Å². The van der Waals surface area contributed by atoms with E-state index in [1.54, 1.807) is 67.7 Å². The van der Waals surface area contributed by atoms with E-state index < -0.39 is 35.1 Å². The predicted molar refractivity (Wildman–Crippen MR) is 148 cm³/mol. The first-order valence-electron chi connectivity index (χ1n) is 12.4. The van der Waals surface area contributed by atoms with E-state index in [0.29, 0.717) is 17.8 Å². The maximum absolute atomic E-state index is 12.7. The van der Waals surface area contributed by atoms with E-state index >= 15 is 0 Å². The summed E-state index contributed by atoms with van der Waals surface area (Å²) < 4.78 is 15.9. The number of ether oxygens (including phenoxy) is 3. The Labute approximate surface area is 237 Å². The Morgan fingerprint density at radius 1 is 0.769 bits per heavy atom. The Morgan fingerprint density at radius 3 is 1.85 bits per heavy atom. The summed E-state index contributed by atoms with van der Waals surface area (Å²) in [7, 11) is 0. The highest BCUT2D eigenvalue weighted by atomic mass is 32.1. The van der Waals surface area contributed by atoms with Crippen molar-refractivity contribution < 1.29 is 33.4 Å². The third-order valence-electron chi connectivity index (χ3n) is 4.35. The highest BCUT2D eigenvalue weighted by Crippen LogP contribution is 2.20. The number of nitrogens with zero attached hydrogens (tertiary/aromatic N) is 3. The van der Waals surface area contributed by atoms with Crippen molar-refractivity contribution in [2.75, 3.05) is 6.54 Å². The number of carbonyl (C=O) groups excluding carboxylic acids is 4. The van der Waals surface area contributed by atoms with Gasteiger partial charge in [-0.25, -0.2) is 29.3 Å². The number of hydrogen-bond donors (Lipinski definition) is 1. The van der Waals surface area contributed by atoms with E-state index in [4.69, 9.17) is 14.2 Å². The van der Waals surface area contributed by atoms with Crippen LogP contribution in [0, 0.1) is 0 Å². The minimum absolute atomic E-state index is 0.0883. The van der Waals surface area contributed by atoms with Crippen molar-refractivity contribution in [3.63, 3.8) is 0 Å². The van der Waals surface area contributed by atoms with Crippen molar-refractivity contribution in [2.24, 2.45) is 0 Å². The average Bonchev–Trinajstić information content (AvgIpc) is 3.40. The monoisotopic (exact) mass is 582 g/mol. The number of aromatic nitrogens is 2. The van der Waals surface area contributed by atoms with E-state index in [9.17, 15) is 19.2 Å². The SMILES string of the molecule is CC(C)(C)OC(=O)NCC(=O)c1csc(CCc2csc(CN(C(=O)OC(C)(C)C)C(=O)OC(C)(C)C)n2)n1. The lowest BCUT2D eigenvalue weighted by Gasteiger charge is -2.28. The summed E-state index contributed by atoms with van der Waals surface area (Å²) >= 11 is 2.66. The maximum Gasteiger partial charge on any atom is 0.420 e. The smallest absolute Gasteiger partial charge is 0.420 e. The highest BCUT2D eigenvalue weighted by molar-refractivity contribution is 7.10. The van der Waals surface area contributed by atoms with Crippen molar-refractivity contribution in [1.82, 2.24) is 20.2 Å². The fourth-order valence-corrected chi connectivity index (χ4v) is 4.47. The van der Waals surface area contributed by atoms with Gasteiger partial charge in [0.15, 0.2) is 0 Å². The Morgan fingerprint density at radius 2 is 1.31 bits per heavy atom. The zero-order valence-corrected chi connectivity index (χ0v) is 25.6. The lowest BCUT2D eigenvalue weighted by atomic mass is 10.2. The molecule has 0 bridgehead atoms. The van der Waals surface area contributed by atoms with Gasteiger partial charge in [0.25, 0.3) is 0 Å². The van der Waals surface area contributed by atoms with Gasteiger partial charge < -0.3 is 19.5 Å². The van der Waals surface area contributed by atoms with Gasteiger partial charge in [0, 0.05) is 17.2 Å². The van der Waals surface area contributed by atoms with Crippen molar-refractivity contribution in [3.05, 3.63) is 32.2 Å². The molecule has 0 aliphatic heterocycles. The van der Waals surface area contributed by atoms with Gasteiger partial charge in [-0.2, -0.15) is 0 Å². The van der Waals surface area contributed by atoms with Crippen molar-refractivity contribution in [1.29, 1.82) is 0 Å². The van der Waals surface area contributed by atoms with Crippen LogP contribution in [0.4, 0.5) is 14.4 Å². The Kier molecular flexibility index (Phi) is 10.6. The molecular formula is C26H38N4O7S2. The number of amides is 3. The first-order chi connectivity index (χ1) is 17.8. The van der Waals surface area contributed by atoms with Gasteiger partial charge in [-0.3, -0.25) is 4.79 Å². The largest absolute Gasteiger partial charge is 0.444 e. The molecular weight excluding hydrogens is 544 g/mol. The molecule has 2 heterocycles. The maximum atomic E-state index is 12.7. The van der Waals surface area contributed by atoms with Crippen molar-refractivity contribution in [2.45, 2.75) is 98.5 Å². The lowest BCUT2D eigenvalue weighted by Crippen LogP contribution is -2.43. The van der Waals surface area contributed by atoms with Crippen LogP contribution in [0.25, 0.3) is 0 Å². The molecule has 0 radical (unpaired) electrons. The van der Waals surface area contributed by atoms with E-state index in [1.807, 2.05) is 5.38 Å². The molecule has 2 aromatic heterocycles. The molecule has 0 aromatic carbocycles. The number of ketones is 1. The summed E-state index contributed by atoms with van der Waals surface area (Å²) in [5, 5.41) is 7.23. The summed E-state index contributed by atoms with van der Waals surface area (Å²) in [6, 6.07) is 0. The number of carbonyl (C=O) groups is 4. The summed E-state index contributed by atoms with van der Waals surface area (Å²) in [6.45, 7) is 15.2. The molecule has 0 unspecified atom stereocenters. The zero-order chi connectivity index (χ0) is 29.6. The van der Waals surface area contributed by atoms with Gasteiger partial charge in [-0.1, -0.05) is 0 Å².